The van der Waals surface area contributed by atoms with Crippen LogP contribution in [-0.4, -0.2) is 30.6 Å². The van der Waals surface area contributed by atoms with Crippen LogP contribution >= 0.6 is 0 Å². The van der Waals surface area contributed by atoms with Crippen molar-refractivity contribution in [2.45, 2.75) is 45.6 Å². The third kappa shape index (κ3) is 4.67. The van der Waals surface area contributed by atoms with Crippen LogP contribution in [0.2, 0.25) is 0 Å². The summed E-state index contributed by atoms with van der Waals surface area (Å²) in [5.74, 6) is -0.647. The van der Waals surface area contributed by atoms with Crippen molar-refractivity contribution in [1.29, 1.82) is 0 Å². The van der Waals surface area contributed by atoms with Gasteiger partial charge in [-0.25, -0.2) is 9.59 Å². The summed E-state index contributed by atoms with van der Waals surface area (Å²) in [4.78, 5) is 35.4. The Morgan fingerprint density at radius 2 is 1.89 bits per heavy atom. The number of carbonyl (C=O) groups excluding carboxylic acids is 2. The number of aryl methyl sites for hydroxylation is 1. The average Bonchev–Trinajstić information content (AvgIpc) is 3.07. The molecule has 27 heavy (non-hydrogen) atoms. The van der Waals surface area contributed by atoms with Gasteiger partial charge in [0.05, 0.1) is 0 Å². The fraction of sp³-hybridized carbons (Fsp3) is 0.450. The minimum absolute atomic E-state index is 0.309. The van der Waals surface area contributed by atoms with Gasteiger partial charge in [-0.15, -0.1) is 0 Å². The average molecular weight is 373 g/mol. The lowest BCUT2D eigenvalue weighted by atomic mass is 10.1. The SMILES string of the molecule is CC(C)(C)NC(=O)COC(=O)COc1ccc2c3c(c(=O)oc2c1)CCC3. The molecule has 0 bridgehead atoms. The lowest BCUT2D eigenvalue weighted by Crippen LogP contribution is -2.43. The smallest absolute Gasteiger partial charge is 0.344 e. The van der Waals surface area contributed by atoms with E-state index < -0.39 is 11.5 Å². The fourth-order valence-electron chi connectivity index (χ4n) is 3.14. The molecule has 1 aromatic heterocycles. The summed E-state index contributed by atoms with van der Waals surface area (Å²) in [6, 6.07) is 5.15. The molecule has 7 nitrogen and oxygen atoms in total. The zero-order valence-electron chi connectivity index (χ0n) is 15.7. The molecule has 1 heterocycles. The van der Waals surface area contributed by atoms with E-state index in [1.54, 1.807) is 12.1 Å². The molecule has 1 aliphatic rings. The number of rotatable bonds is 5. The summed E-state index contributed by atoms with van der Waals surface area (Å²) in [5.41, 5.74) is 1.53. The van der Waals surface area contributed by atoms with Gasteiger partial charge in [0.2, 0.25) is 0 Å². The molecule has 0 aliphatic heterocycles. The van der Waals surface area contributed by atoms with Crippen molar-refractivity contribution in [2.24, 2.45) is 0 Å². The van der Waals surface area contributed by atoms with Crippen LogP contribution < -0.4 is 15.7 Å². The Morgan fingerprint density at radius 3 is 2.63 bits per heavy atom. The largest absolute Gasteiger partial charge is 0.482 e. The molecule has 0 fully saturated rings. The van der Waals surface area contributed by atoms with E-state index in [9.17, 15) is 14.4 Å². The number of fused-ring (bicyclic) bond motifs is 3. The summed E-state index contributed by atoms with van der Waals surface area (Å²) in [5, 5.41) is 3.59. The zero-order valence-corrected chi connectivity index (χ0v) is 15.7. The Hall–Kier alpha value is -2.83. The van der Waals surface area contributed by atoms with Crippen molar-refractivity contribution >= 4 is 22.8 Å². The maximum atomic E-state index is 12.0. The Labute approximate surface area is 156 Å². The van der Waals surface area contributed by atoms with Crippen LogP contribution in [0, 0.1) is 0 Å². The second-order valence-electron chi connectivity index (χ2n) is 7.61. The van der Waals surface area contributed by atoms with Crippen LogP contribution in [0.3, 0.4) is 0 Å². The second-order valence-corrected chi connectivity index (χ2v) is 7.61. The molecule has 144 valence electrons. The van der Waals surface area contributed by atoms with Crippen LogP contribution in [0.5, 0.6) is 5.75 Å². The van der Waals surface area contributed by atoms with E-state index in [-0.39, 0.29) is 24.7 Å². The standard InChI is InChI=1S/C20H23NO6/c1-20(2,3)21-17(22)10-26-18(23)11-25-12-7-8-14-13-5-4-6-15(13)19(24)27-16(14)9-12/h7-9H,4-6,10-11H2,1-3H3,(H,21,22). The van der Waals surface area contributed by atoms with E-state index in [1.165, 1.54) is 0 Å². The molecule has 1 aliphatic carbocycles. The van der Waals surface area contributed by atoms with E-state index >= 15 is 0 Å². The predicted octanol–water partition coefficient (Wildman–Crippen LogP) is 2.12. The first-order chi connectivity index (χ1) is 12.7. The van der Waals surface area contributed by atoms with Gasteiger partial charge in [-0.05, 0) is 57.7 Å². The third-order valence-corrected chi connectivity index (χ3v) is 4.18. The fourth-order valence-corrected chi connectivity index (χ4v) is 3.14. The highest BCUT2D eigenvalue weighted by Gasteiger charge is 2.20. The molecule has 1 amide bonds. The van der Waals surface area contributed by atoms with Gasteiger partial charge < -0.3 is 19.2 Å². The Balaban J connectivity index is 1.59. The molecule has 0 unspecified atom stereocenters. The van der Waals surface area contributed by atoms with E-state index in [0.29, 0.717) is 11.3 Å². The molecular formula is C20H23NO6. The van der Waals surface area contributed by atoms with Crippen LogP contribution in [0.1, 0.15) is 38.3 Å². The van der Waals surface area contributed by atoms with Crippen LogP contribution in [0.15, 0.2) is 27.4 Å². The highest BCUT2D eigenvalue weighted by Crippen LogP contribution is 2.29. The maximum Gasteiger partial charge on any atom is 0.344 e. The molecule has 1 aromatic carbocycles. The number of benzene rings is 1. The lowest BCUT2D eigenvalue weighted by molar-refractivity contribution is -0.150. The topological polar surface area (TPSA) is 94.8 Å². The first-order valence-electron chi connectivity index (χ1n) is 8.91. The number of nitrogens with one attached hydrogen (secondary N) is 1. The quantitative estimate of drug-likeness (QED) is 0.637. The van der Waals surface area contributed by atoms with Gasteiger partial charge in [0.25, 0.3) is 5.91 Å². The van der Waals surface area contributed by atoms with Crippen molar-refractivity contribution in [3.63, 3.8) is 0 Å². The number of amides is 1. The van der Waals surface area contributed by atoms with Gasteiger partial charge in [-0.2, -0.15) is 0 Å². The van der Waals surface area contributed by atoms with E-state index in [4.69, 9.17) is 13.9 Å². The Bertz CT molecular complexity index is 938. The Kier molecular flexibility index (Phi) is 5.21. The van der Waals surface area contributed by atoms with Crippen molar-refractivity contribution in [1.82, 2.24) is 5.32 Å². The molecule has 3 rings (SSSR count). The summed E-state index contributed by atoms with van der Waals surface area (Å²) in [6.45, 7) is 4.80. The number of hydrogen-bond acceptors (Lipinski definition) is 6. The Morgan fingerprint density at radius 1 is 1.15 bits per heavy atom. The normalized spacial score (nSPS) is 13.3. The van der Waals surface area contributed by atoms with E-state index in [1.807, 2.05) is 26.8 Å². The maximum absolute atomic E-state index is 12.0. The van der Waals surface area contributed by atoms with Gasteiger partial charge in [0.1, 0.15) is 11.3 Å². The predicted molar refractivity (Wildman–Crippen MR) is 98.9 cm³/mol. The summed E-state index contributed by atoms with van der Waals surface area (Å²) >= 11 is 0. The zero-order chi connectivity index (χ0) is 19.6. The molecule has 0 radical (unpaired) electrons. The minimum atomic E-state index is -0.658. The van der Waals surface area contributed by atoms with Crippen molar-refractivity contribution in [3.05, 3.63) is 39.7 Å². The van der Waals surface area contributed by atoms with Gasteiger partial charge >= 0.3 is 11.6 Å². The minimum Gasteiger partial charge on any atom is -0.482 e. The number of ether oxygens (including phenoxy) is 2. The molecular weight excluding hydrogens is 350 g/mol. The van der Waals surface area contributed by atoms with Gasteiger partial charge in [0, 0.05) is 22.6 Å². The number of carbonyl (C=O) groups is 2. The highest BCUT2D eigenvalue weighted by atomic mass is 16.6. The number of esters is 1. The van der Waals surface area contributed by atoms with E-state index in [2.05, 4.69) is 5.32 Å². The van der Waals surface area contributed by atoms with Crippen molar-refractivity contribution in [2.75, 3.05) is 13.2 Å². The monoisotopic (exact) mass is 373 g/mol. The lowest BCUT2D eigenvalue weighted by Gasteiger charge is -2.20. The van der Waals surface area contributed by atoms with Crippen molar-refractivity contribution in [3.8, 4) is 5.75 Å². The molecule has 0 spiro atoms. The summed E-state index contributed by atoms with van der Waals surface area (Å²) in [7, 11) is 0. The van der Waals surface area contributed by atoms with Crippen LogP contribution in [0.4, 0.5) is 0 Å². The third-order valence-electron chi connectivity index (χ3n) is 4.18. The molecule has 0 atom stereocenters. The summed E-state index contributed by atoms with van der Waals surface area (Å²) in [6.07, 6.45) is 2.56. The number of hydrogen-bond donors (Lipinski definition) is 1. The van der Waals surface area contributed by atoms with Crippen LogP contribution in [-0.2, 0) is 27.2 Å². The van der Waals surface area contributed by atoms with Gasteiger partial charge in [-0.3, -0.25) is 4.79 Å². The second kappa shape index (κ2) is 7.42. The summed E-state index contributed by atoms with van der Waals surface area (Å²) < 4.78 is 15.7. The highest BCUT2D eigenvalue weighted by molar-refractivity contribution is 5.83. The molecule has 7 heteroatoms. The molecule has 0 saturated heterocycles. The van der Waals surface area contributed by atoms with Gasteiger partial charge in [-0.1, -0.05) is 0 Å². The van der Waals surface area contributed by atoms with Crippen LogP contribution in [0.25, 0.3) is 11.0 Å². The van der Waals surface area contributed by atoms with Crippen molar-refractivity contribution < 1.29 is 23.5 Å². The molecule has 0 saturated carbocycles. The first-order valence-corrected chi connectivity index (χ1v) is 8.91. The van der Waals surface area contributed by atoms with Gasteiger partial charge in [0.15, 0.2) is 13.2 Å². The molecule has 1 N–H and O–H groups in total. The van der Waals surface area contributed by atoms with E-state index in [0.717, 1.165) is 35.8 Å². The first kappa shape index (κ1) is 18.9. The molecule has 2 aromatic rings.